The molecule has 3 aromatic heterocycles. The maximum absolute atomic E-state index is 13.5. The Labute approximate surface area is 217 Å². The van der Waals surface area contributed by atoms with Gasteiger partial charge in [0.25, 0.3) is 0 Å². The van der Waals surface area contributed by atoms with Crippen LogP contribution in [0.15, 0.2) is 17.5 Å². The van der Waals surface area contributed by atoms with Crippen molar-refractivity contribution in [1.82, 2.24) is 29.4 Å². The topological polar surface area (TPSA) is 163 Å². The van der Waals surface area contributed by atoms with E-state index in [4.69, 9.17) is 15.2 Å². The van der Waals surface area contributed by atoms with Gasteiger partial charge in [-0.15, -0.1) is 11.3 Å². The fourth-order valence-electron chi connectivity index (χ4n) is 6.63. The summed E-state index contributed by atoms with van der Waals surface area (Å²) in [6.07, 6.45) is 3.82. The number of fused-ring (bicyclic) bond motifs is 1. The molecule has 7 heterocycles. The number of aromatic amines is 1. The number of sulfonamides is 1. The second-order valence-corrected chi connectivity index (χ2v) is 13.6. The minimum atomic E-state index is -3.45. The molecule has 0 aliphatic carbocycles. The lowest BCUT2D eigenvalue weighted by atomic mass is 9.83. The molecule has 4 N–H and O–H groups in total. The first-order chi connectivity index (χ1) is 17.9. The number of nitriles is 1. The van der Waals surface area contributed by atoms with E-state index < -0.39 is 14.9 Å². The van der Waals surface area contributed by atoms with Crippen LogP contribution in [-0.2, 0) is 16.6 Å². The summed E-state index contributed by atoms with van der Waals surface area (Å²) in [4.78, 5) is 11.8. The molecule has 4 atom stereocenters. The van der Waals surface area contributed by atoms with E-state index in [0.29, 0.717) is 49.2 Å². The lowest BCUT2D eigenvalue weighted by Crippen LogP contribution is -2.74. The average molecular weight is 542 g/mol. The number of nitrogens with one attached hydrogen (secondary N) is 3. The third-order valence-corrected chi connectivity index (χ3v) is 11.7. The third-order valence-electron chi connectivity index (χ3n) is 8.35. The van der Waals surface area contributed by atoms with Crippen molar-refractivity contribution < 1.29 is 13.5 Å². The number of rotatable bonds is 7. The Morgan fingerprint density at radius 2 is 2.14 bits per heavy atom. The van der Waals surface area contributed by atoms with E-state index in [1.165, 1.54) is 15.6 Å². The summed E-state index contributed by atoms with van der Waals surface area (Å²) in [5.41, 5.74) is 0.609. The van der Waals surface area contributed by atoms with E-state index in [-0.39, 0.29) is 30.7 Å². The second kappa shape index (κ2) is 8.34. The van der Waals surface area contributed by atoms with E-state index >= 15 is 0 Å². The summed E-state index contributed by atoms with van der Waals surface area (Å²) >= 11 is 1.54. The highest BCUT2D eigenvalue weighted by Gasteiger charge is 2.68. The Morgan fingerprint density at radius 3 is 2.92 bits per heavy atom. The van der Waals surface area contributed by atoms with Gasteiger partial charge in [-0.1, -0.05) is 0 Å². The molecule has 7 rings (SSSR count). The van der Waals surface area contributed by atoms with E-state index in [1.807, 2.05) is 11.4 Å². The first-order valence-electron chi connectivity index (χ1n) is 12.5. The number of thiophene rings is 1. The molecule has 0 spiro atoms. The van der Waals surface area contributed by atoms with Gasteiger partial charge in [0.05, 0.1) is 29.7 Å². The first kappa shape index (κ1) is 23.3. The van der Waals surface area contributed by atoms with Crippen molar-refractivity contribution in [3.05, 3.63) is 23.2 Å². The molecule has 3 aromatic rings. The second-order valence-electron chi connectivity index (χ2n) is 10.5. The van der Waals surface area contributed by atoms with E-state index in [0.717, 1.165) is 29.5 Å². The highest BCUT2D eigenvalue weighted by Crippen LogP contribution is 2.57. The number of aliphatic hydroxyl groups is 1. The minimum Gasteiger partial charge on any atom is -0.390 e. The van der Waals surface area contributed by atoms with Gasteiger partial charge in [-0.2, -0.15) is 19.6 Å². The molecule has 0 saturated carbocycles. The predicted octanol–water partition coefficient (Wildman–Crippen LogP) is 1.94. The van der Waals surface area contributed by atoms with Crippen molar-refractivity contribution >= 4 is 49.2 Å². The minimum absolute atomic E-state index is 0.124. The van der Waals surface area contributed by atoms with Gasteiger partial charge in [0.1, 0.15) is 15.5 Å². The van der Waals surface area contributed by atoms with Gasteiger partial charge in [0, 0.05) is 37.3 Å². The van der Waals surface area contributed by atoms with Crippen LogP contribution in [0.2, 0.25) is 0 Å². The molecule has 194 valence electrons. The maximum Gasteiger partial charge on any atom is 0.233 e. The van der Waals surface area contributed by atoms with Gasteiger partial charge in [-0.25, -0.2) is 13.4 Å². The molecular formula is C23H27N9O3S2. The van der Waals surface area contributed by atoms with Gasteiger partial charge >= 0.3 is 0 Å². The number of piperidine rings is 1. The molecule has 14 heteroatoms. The SMILES string of the molecule is N#CC1CN(S(=O)(=O)C23CC[C@@H]4C[C@@H](Nc5nc(Nc6cc(CO)[nH]n6)c6ccsc6n5)C[C@H](C2)N43)C1. The molecule has 12 nitrogen and oxygen atoms in total. The predicted molar refractivity (Wildman–Crippen MR) is 137 cm³/mol. The molecule has 4 aliphatic rings. The van der Waals surface area contributed by atoms with Crippen molar-refractivity contribution in [1.29, 1.82) is 5.26 Å². The van der Waals surface area contributed by atoms with E-state index in [9.17, 15) is 13.5 Å². The highest BCUT2D eigenvalue weighted by atomic mass is 32.2. The normalized spacial score (nSPS) is 29.9. The Bertz CT molecular complexity index is 1510. The Hall–Kier alpha value is -2.83. The zero-order valence-electron chi connectivity index (χ0n) is 20.0. The number of hydrogen-bond donors (Lipinski definition) is 4. The summed E-state index contributed by atoms with van der Waals surface area (Å²) in [5.74, 6) is 1.56. The van der Waals surface area contributed by atoms with Crippen LogP contribution in [0.25, 0.3) is 10.2 Å². The number of anilines is 3. The number of hydrogen-bond acceptors (Lipinski definition) is 11. The Balaban J connectivity index is 1.08. The van der Waals surface area contributed by atoms with Crippen molar-refractivity contribution in [2.45, 2.75) is 61.7 Å². The average Bonchev–Trinajstić information content (AvgIpc) is 3.55. The zero-order chi connectivity index (χ0) is 25.4. The number of aliphatic hydroxyl groups excluding tert-OH is 1. The molecule has 1 unspecified atom stereocenters. The summed E-state index contributed by atoms with van der Waals surface area (Å²) in [6.45, 7) is 0.528. The van der Waals surface area contributed by atoms with Crippen LogP contribution in [-0.4, -0.2) is 79.0 Å². The van der Waals surface area contributed by atoms with Crippen molar-refractivity contribution in [2.75, 3.05) is 23.7 Å². The van der Waals surface area contributed by atoms with Crippen LogP contribution in [0.3, 0.4) is 0 Å². The van der Waals surface area contributed by atoms with Gasteiger partial charge < -0.3 is 15.7 Å². The molecule has 4 saturated heterocycles. The smallest absolute Gasteiger partial charge is 0.233 e. The van der Waals surface area contributed by atoms with Crippen molar-refractivity contribution in [3.8, 4) is 6.07 Å². The standard InChI is InChI=1S/C23H27N9O3S2/c24-9-13-10-31(11-13)37(34,35)23-3-1-16-5-14(6-17(8-23)32(16)23)25-22-27-20(18-2-4-36-21(18)28-22)26-19-7-15(12-33)29-30-19/h2,4,7,13-14,16-17,33H,1,3,5-6,8,10-12H2,(H3,25,26,27,28,29,30)/t14-,16-,17-,23?/m1/s1. The summed E-state index contributed by atoms with van der Waals surface area (Å²) in [7, 11) is -3.45. The summed E-state index contributed by atoms with van der Waals surface area (Å²) in [5, 5.41) is 35.0. The fourth-order valence-corrected chi connectivity index (χ4v) is 9.97. The van der Waals surface area contributed by atoms with Crippen LogP contribution in [0, 0.1) is 17.2 Å². The maximum atomic E-state index is 13.5. The molecular weight excluding hydrogens is 514 g/mol. The van der Waals surface area contributed by atoms with Crippen molar-refractivity contribution in [3.63, 3.8) is 0 Å². The van der Waals surface area contributed by atoms with Gasteiger partial charge in [0.15, 0.2) is 5.82 Å². The first-order valence-corrected chi connectivity index (χ1v) is 14.8. The van der Waals surface area contributed by atoms with Crippen LogP contribution in [0.5, 0.6) is 0 Å². The van der Waals surface area contributed by atoms with Gasteiger partial charge in [-0.3, -0.25) is 10.00 Å². The van der Waals surface area contributed by atoms with E-state index in [2.05, 4.69) is 31.8 Å². The highest BCUT2D eigenvalue weighted by molar-refractivity contribution is 7.90. The zero-order valence-corrected chi connectivity index (χ0v) is 21.6. The third kappa shape index (κ3) is 3.48. The molecule has 0 bridgehead atoms. The summed E-state index contributed by atoms with van der Waals surface area (Å²) < 4.78 is 28.5. The fraction of sp³-hybridized carbons (Fsp3) is 0.565. The molecule has 4 aliphatic heterocycles. The van der Waals surface area contributed by atoms with Crippen LogP contribution < -0.4 is 10.6 Å². The number of H-pyrrole nitrogens is 1. The number of nitrogens with zero attached hydrogens (tertiary/aromatic N) is 6. The molecule has 0 radical (unpaired) electrons. The van der Waals surface area contributed by atoms with E-state index in [1.54, 1.807) is 6.07 Å². The molecule has 37 heavy (non-hydrogen) atoms. The Morgan fingerprint density at radius 1 is 1.30 bits per heavy atom. The summed E-state index contributed by atoms with van der Waals surface area (Å²) in [6, 6.07) is 6.45. The molecule has 4 fully saturated rings. The van der Waals surface area contributed by atoms with Crippen molar-refractivity contribution in [2.24, 2.45) is 5.92 Å². The lowest BCUT2D eigenvalue weighted by Gasteiger charge is -2.60. The molecule has 0 amide bonds. The van der Waals surface area contributed by atoms with Crippen LogP contribution >= 0.6 is 11.3 Å². The number of aromatic nitrogens is 4. The lowest BCUT2D eigenvalue weighted by molar-refractivity contribution is -0.0476. The van der Waals surface area contributed by atoms with Crippen LogP contribution in [0.1, 0.15) is 37.8 Å². The monoisotopic (exact) mass is 541 g/mol. The quantitative estimate of drug-likeness (QED) is 0.348. The molecule has 0 aromatic carbocycles. The van der Waals surface area contributed by atoms with Gasteiger partial charge in [0.2, 0.25) is 16.0 Å². The van der Waals surface area contributed by atoms with Crippen LogP contribution in [0.4, 0.5) is 17.6 Å². The Kier molecular flexibility index (Phi) is 5.25. The largest absolute Gasteiger partial charge is 0.390 e. The van der Waals surface area contributed by atoms with Gasteiger partial charge in [-0.05, 0) is 43.6 Å².